The van der Waals surface area contributed by atoms with E-state index >= 15 is 0 Å². The lowest BCUT2D eigenvalue weighted by molar-refractivity contribution is -0.0115. The summed E-state index contributed by atoms with van der Waals surface area (Å²) < 4.78 is 65.5. The SMILES string of the molecule is C[C@@H]1CCCCO[C@@H](CN(C)C(=O)Nc2ccc3c(c2)OCO3)[C@H](C)CN([C@H](C)CO)C(=O)c2cc(NS(=O)(=O)c3ccc(F)cc3)ccc2O1. The molecule has 0 radical (unpaired) electrons. The van der Waals surface area contributed by atoms with Gasteiger partial charge in [-0.15, -0.1) is 0 Å². The maximum atomic E-state index is 14.4. The van der Waals surface area contributed by atoms with Crippen LogP contribution < -0.4 is 24.2 Å². The monoisotopic (exact) mass is 728 g/mol. The van der Waals surface area contributed by atoms with Crippen molar-refractivity contribution >= 4 is 33.3 Å². The van der Waals surface area contributed by atoms with Crippen LogP contribution in [0.2, 0.25) is 0 Å². The van der Waals surface area contributed by atoms with Crippen LogP contribution in [0.25, 0.3) is 0 Å². The Bertz CT molecular complexity index is 1790. The Hall–Kier alpha value is -4.60. The molecule has 0 aromatic heterocycles. The van der Waals surface area contributed by atoms with E-state index in [4.69, 9.17) is 18.9 Å². The molecule has 0 saturated carbocycles. The first-order valence-corrected chi connectivity index (χ1v) is 18.4. The number of rotatable bonds is 8. The van der Waals surface area contributed by atoms with Crippen LogP contribution >= 0.6 is 0 Å². The molecular formula is C36H45FN4O9S. The zero-order valence-electron chi connectivity index (χ0n) is 29.1. The molecule has 0 bridgehead atoms. The number of aliphatic hydroxyl groups is 1. The number of nitrogens with zero attached hydrogens (tertiary/aromatic N) is 2. The number of urea groups is 1. The van der Waals surface area contributed by atoms with Gasteiger partial charge in [-0.05, 0) is 87.7 Å². The van der Waals surface area contributed by atoms with Gasteiger partial charge in [-0.3, -0.25) is 9.52 Å². The second-order valence-corrected chi connectivity index (χ2v) is 14.6. The summed E-state index contributed by atoms with van der Waals surface area (Å²) in [5.41, 5.74) is 0.743. The van der Waals surface area contributed by atoms with Gasteiger partial charge in [-0.25, -0.2) is 17.6 Å². The third kappa shape index (κ3) is 9.60. The number of sulfonamides is 1. The van der Waals surface area contributed by atoms with Crippen molar-refractivity contribution < 1.29 is 46.5 Å². The number of carbonyl (C=O) groups is 2. The maximum absolute atomic E-state index is 14.4. The smallest absolute Gasteiger partial charge is 0.321 e. The molecule has 3 aromatic rings. The lowest BCUT2D eigenvalue weighted by Crippen LogP contribution is -2.48. The summed E-state index contributed by atoms with van der Waals surface area (Å²) in [4.78, 5) is 30.5. The number of halogens is 1. The second-order valence-electron chi connectivity index (χ2n) is 12.9. The van der Waals surface area contributed by atoms with Gasteiger partial charge in [0.15, 0.2) is 11.5 Å². The number of benzene rings is 3. The Balaban J connectivity index is 1.39. The molecule has 3 N–H and O–H groups in total. The molecule has 13 nitrogen and oxygen atoms in total. The number of hydrogen-bond donors (Lipinski definition) is 3. The fourth-order valence-electron chi connectivity index (χ4n) is 5.82. The Labute approximate surface area is 297 Å². The topological polar surface area (TPSA) is 156 Å². The molecular weight excluding hydrogens is 683 g/mol. The third-order valence-electron chi connectivity index (χ3n) is 8.85. The van der Waals surface area contributed by atoms with E-state index in [0.29, 0.717) is 30.2 Å². The van der Waals surface area contributed by atoms with E-state index in [1.165, 1.54) is 21.9 Å². The molecule has 0 saturated heterocycles. The highest BCUT2D eigenvalue weighted by Crippen LogP contribution is 2.34. The van der Waals surface area contributed by atoms with E-state index < -0.39 is 33.9 Å². The van der Waals surface area contributed by atoms with Crippen molar-refractivity contribution in [2.75, 3.05) is 50.2 Å². The average Bonchev–Trinajstić information content (AvgIpc) is 3.57. The van der Waals surface area contributed by atoms with Gasteiger partial charge in [0.2, 0.25) is 6.79 Å². The number of nitrogens with one attached hydrogen (secondary N) is 2. The average molecular weight is 729 g/mol. The third-order valence-corrected chi connectivity index (χ3v) is 10.2. The van der Waals surface area contributed by atoms with Gasteiger partial charge in [0.25, 0.3) is 15.9 Å². The molecule has 0 spiro atoms. The van der Waals surface area contributed by atoms with Gasteiger partial charge in [0.1, 0.15) is 11.6 Å². The largest absolute Gasteiger partial charge is 0.490 e. The lowest BCUT2D eigenvalue weighted by atomic mass is 10.0. The fourth-order valence-corrected chi connectivity index (χ4v) is 6.87. The molecule has 5 rings (SSSR count). The fraction of sp³-hybridized carbons (Fsp3) is 0.444. The normalized spacial score (nSPS) is 20.4. The Kier molecular flexibility index (Phi) is 12.3. The summed E-state index contributed by atoms with van der Waals surface area (Å²) in [5.74, 6) is 0.0387. The standard InChI is InChI=1S/C36H45FN4O9S/c1-23-19-41(24(2)21-42)35(43)30-17-28(39-51(45,46)29-12-8-26(37)9-13-29)11-14-31(30)50-25(3)7-5-6-16-47-34(23)20-40(4)36(44)38-27-10-15-32-33(18-27)49-22-48-32/h8-15,17-18,23-25,34,39,42H,5-7,16,19-22H2,1-4H3,(H,38,44)/t23-,24-,25-,34+/m1/s1. The number of amides is 3. The molecule has 4 atom stereocenters. The van der Waals surface area contributed by atoms with Crippen molar-refractivity contribution in [3.05, 3.63) is 72.0 Å². The van der Waals surface area contributed by atoms with Crippen molar-refractivity contribution in [1.29, 1.82) is 0 Å². The Morgan fingerprint density at radius 2 is 1.73 bits per heavy atom. The predicted molar refractivity (Wildman–Crippen MR) is 188 cm³/mol. The highest BCUT2D eigenvalue weighted by atomic mass is 32.2. The lowest BCUT2D eigenvalue weighted by Gasteiger charge is -2.35. The first-order valence-electron chi connectivity index (χ1n) is 16.9. The highest BCUT2D eigenvalue weighted by Gasteiger charge is 2.31. The van der Waals surface area contributed by atoms with Gasteiger partial charge in [-0.1, -0.05) is 6.92 Å². The number of hydrogen-bond acceptors (Lipinski definition) is 9. The molecule has 0 unspecified atom stereocenters. The van der Waals surface area contributed by atoms with Crippen LogP contribution in [0.5, 0.6) is 17.2 Å². The summed E-state index contributed by atoms with van der Waals surface area (Å²) in [6.07, 6.45) is 1.39. The van der Waals surface area contributed by atoms with E-state index in [9.17, 15) is 27.5 Å². The number of fused-ring (bicyclic) bond motifs is 2. The van der Waals surface area contributed by atoms with Crippen molar-refractivity contribution in [1.82, 2.24) is 9.80 Å². The van der Waals surface area contributed by atoms with Gasteiger partial charge in [0, 0.05) is 50.1 Å². The van der Waals surface area contributed by atoms with Gasteiger partial charge < -0.3 is 39.2 Å². The van der Waals surface area contributed by atoms with Crippen molar-refractivity contribution in [2.24, 2.45) is 5.92 Å². The van der Waals surface area contributed by atoms with Crippen molar-refractivity contribution in [3.8, 4) is 17.2 Å². The molecule has 2 heterocycles. The maximum Gasteiger partial charge on any atom is 0.321 e. The summed E-state index contributed by atoms with van der Waals surface area (Å²) in [5, 5.41) is 13.1. The Morgan fingerprint density at radius 1 is 1.02 bits per heavy atom. The minimum Gasteiger partial charge on any atom is -0.490 e. The summed E-state index contributed by atoms with van der Waals surface area (Å²) in [6.45, 7) is 6.06. The minimum absolute atomic E-state index is 0.100. The first kappa shape index (κ1) is 37.7. The van der Waals surface area contributed by atoms with Gasteiger partial charge in [-0.2, -0.15) is 0 Å². The zero-order valence-corrected chi connectivity index (χ0v) is 30.0. The van der Waals surface area contributed by atoms with Crippen LogP contribution in [-0.4, -0.2) is 93.7 Å². The quantitative estimate of drug-likeness (QED) is 0.280. The number of likely N-dealkylation sites (N-methyl/N-ethyl adjacent to an activating group) is 1. The molecule has 0 fully saturated rings. The number of aliphatic hydroxyl groups excluding tert-OH is 1. The van der Waals surface area contributed by atoms with E-state index in [0.717, 1.165) is 37.1 Å². The van der Waals surface area contributed by atoms with E-state index in [2.05, 4.69) is 10.0 Å². The Morgan fingerprint density at radius 3 is 2.47 bits per heavy atom. The van der Waals surface area contributed by atoms with Crippen LogP contribution in [0.3, 0.4) is 0 Å². The second kappa shape index (κ2) is 16.6. The van der Waals surface area contributed by atoms with Crippen molar-refractivity contribution in [2.45, 2.75) is 63.2 Å². The number of anilines is 2. The predicted octanol–water partition coefficient (Wildman–Crippen LogP) is 5.31. The summed E-state index contributed by atoms with van der Waals surface area (Å²) >= 11 is 0. The van der Waals surface area contributed by atoms with Crippen LogP contribution in [0.4, 0.5) is 20.6 Å². The molecule has 2 aliphatic heterocycles. The first-order chi connectivity index (χ1) is 24.3. The number of ether oxygens (including phenoxy) is 4. The van der Waals surface area contributed by atoms with E-state index in [1.54, 1.807) is 38.2 Å². The highest BCUT2D eigenvalue weighted by molar-refractivity contribution is 7.92. The molecule has 51 heavy (non-hydrogen) atoms. The molecule has 3 aromatic carbocycles. The van der Waals surface area contributed by atoms with Crippen LogP contribution in [0, 0.1) is 11.7 Å². The molecule has 2 aliphatic rings. The molecule has 3 amide bonds. The number of carbonyl (C=O) groups excluding carboxylic acids is 2. The van der Waals surface area contributed by atoms with Crippen LogP contribution in [0.1, 0.15) is 50.4 Å². The van der Waals surface area contributed by atoms with E-state index in [1.807, 2.05) is 13.8 Å². The molecule has 15 heteroatoms. The molecule has 276 valence electrons. The van der Waals surface area contributed by atoms with Gasteiger partial charge >= 0.3 is 6.03 Å². The van der Waals surface area contributed by atoms with Gasteiger partial charge in [0.05, 0.1) is 35.3 Å². The van der Waals surface area contributed by atoms with E-state index in [-0.39, 0.29) is 66.4 Å². The van der Waals surface area contributed by atoms with Crippen LogP contribution in [0.15, 0.2) is 65.6 Å². The summed E-state index contributed by atoms with van der Waals surface area (Å²) in [7, 11) is -2.45. The summed E-state index contributed by atoms with van der Waals surface area (Å²) in [6, 6.07) is 13.0. The minimum atomic E-state index is -4.11. The molecule has 0 aliphatic carbocycles. The zero-order chi connectivity index (χ0) is 36.7. The van der Waals surface area contributed by atoms with Crippen LogP contribution in [-0.2, 0) is 14.8 Å². The van der Waals surface area contributed by atoms with Crippen molar-refractivity contribution in [3.63, 3.8) is 0 Å².